The first-order valence-electron chi connectivity index (χ1n) is 8.32. The van der Waals surface area contributed by atoms with Crippen molar-refractivity contribution in [3.05, 3.63) is 47.7 Å². The third-order valence-electron chi connectivity index (χ3n) is 5.48. The van der Waals surface area contributed by atoms with Gasteiger partial charge in [-0.05, 0) is 62.1 Å². The molecule has 3 aliphatic heterocycles. The van der Waals surface area contributed by atoms with Gasteiger partial charge in [0.15, 0.2) is 0 Å². The van der Waals surface area contributed by atoms with Gasteiger partial charge in [-0.3, -0.25) is 9.88 Å². The van der Waals surface area contributed by atoms with Gasteiger partial charge in [-0.1, -0.05) is 11.6 Å². The number of aliphatic hydroxyl groups excluding tert-OH is 1. The van der Waals surface area contributed by atoms with Crippen LogP contribution in [0.3, 0.4) is 0 Å². The number of piperidine rings is 3. The van der Waals surface area contributed by atoms with Crippen LogP contribution in [-0.4, -0.2) is 39.2 Å². The predicted molar refractivity (Wildman–Crippen MR) is 90.2 cm³/mol. The molecule has 5 rings (SSSR count). The Labute approximate surface area is 136 Å². The number of rotatable bonds is 2. The van der Waals surface area contributed by atoms with Crippen molar-refractivity contribution in [1.82, 2.24) is 9.88 Å². The van der Waals surface area contributed by atoms with Crippen LogP contribution in [0.2, 0.25) is 0 Å². The smallest absolute Gasteiger partial charge is 0.116 e. The van der Waals surface area contributed by atoms with Crippen LogP contribution in [0.5, 0.6) is 5.75 Å². The number of fused-ring (bicyclic) bond motifs is 4. The van der Waals surface area contributed by atoms with E-state index in [1.165, 1.54) is 12.0 Å². The fourth-order valence-electron chi connectivity index (χ4n) is 4.22. The highest BCUT2D eigenvalue weighted by atomic mass is 16.3. The summed E-state index contributed by atoms with van der Waals surface area (Å²) in [5.41, 5.74) is 3.19. The average Bonchev–Trinajstić information content (AvgIpc) is 2.60. The third kappa shape index (κ3) is 2.42. The molecule has 4 atom stereocenters. The highest BCUT2D eigenvalue weighted by Crippen LogP contribution is 2.41. The van der Waals surface area contributed by atoms with Gasteiger partial charge in [-0.2, -0.15) is 0 Å². The number of hydrogen-bond donors (Lipinski definition) is 2. The van der Waals surface area contributed by atoms with Crippen LogP contribution < -0.4 is 0 Å². The van der Waals surface area contributed by atoms with Gasteiger partial charge in [0.2, 0.25) is 0 Å². The number of aromatic nitrogens is 1. The van der Waals surface area contributed by atoms with Gasteiger partial charge >= 0.3 is 0 Å². The first kappa shape index (κ1) is 14.7. The zero-order valence-corrected chi connectivity index (χ0v) is 13.3. The molecule has 0 amide bonds. The van der Waals surface area contributed by atoms with Gasteiger partial charge in [-0.15, -0.1) is 0 Å². The highest BCUT2D eigenvalue weighted by Gasteiger charge is 2.40. The van der Waals surface area contributed by atoms with Crippen molar-refractivity contribution >= 4 is 10.9 Å². The maximum atomic E-state index is 11.0. The standard InChI is InChI=1S/C19H22N2O2/c1-2-12-11-21-8-6-13(12)9-18(21)19(23)15-5-7-20-17-4-3-14(22)10-16(15)17/h2-5,7,10,13,18-19,22-23H,6,8-9,11H2,1H3/b12-2-/t13-,18+,19+/m0/s1. The topological polar surface area (TPSA) is 56.6 Å². The van der Waals surface area contributed by atoms with Crippen molar-refractivity contribution in [2.45, 2.75) is 31.9 Å². The van der Waals surface area contributed by atoms with Crippen LogP contribution in [0.1, 0.15) is 31.4 Å². The Balaban J connectivity index is 1.70. The SMILES string of the molecule is C/C=C1/CN2CC[C@H]1C[C@@H]2[C@H](O)c1ccnc2ccc(O)cc12. The lowest BCUT2D eigenvalue weighted by atomic mass is 9.76. The number of hydrogen-bond acceptors (Lipinski definition) is 4. The van der Waals surface area contributed by atoms with E-state index in [0.717, 1.165) is 36.0 Å². The summed E-state index contributed by atoms with van der Waals surface area (Å²) in [4.78, 5) is 6.74. The molecule has 0 radical (unpaired) electrons. The summed E-state index contributed by atoms with van der Waals surface area (Å²) >= 11 is 0. The van der Waals surface area contributed by atoms with Crippen LogP contribution in [0.25, 0.3) is 10.9 Å². The molecule has 3 saturated heterocycles. The average molecular weight is 310 g/mol. The summed E-state index contributed by atoms with van der Waals surface area (Å²) in [6.07, 6.45) is 5.62. The number of aromatic hydroxyl groups is 1. The second-order valence-corrected chi connectivity index (χ2v) is 6.67. The largest absolute Gasteiger partial charge is 0.508 e. The van der Waals surface area contributed by atoms with E-state index in [-0.39, 0.29) is 11.8 Å². The van der Waals surface area contributed by atoms with Crippen LogP contribution in [0, 0.1) is 5.92 Å². The van der Waals surface area contributed by atoms with E-state index in [1.807, 2.05) is 6.07 Å². The molecular formula is C19H22N2O2. The molecule has 23 heavy (non-hydrogen) atoms. The zero-order chi connectivity index (χ0) is 16.0. The van der Waals surface area contributed by atoms with Crippen LogP contribution >= 0.6 is 0 Å². The summed E-state index contributed by atoms with van der Waals surface area (Å²) in [6.45, 7) is 4.14. The molecule has 1 aromatic heterocycles. The van der Waals surface area contributed by atoms with E-state index in [9.17, 15) is 10.2 Å². The Kier molecular flexibility index (Phi) is 3.58. The summed E-state index contributed by atoms with van der Waals surface area (Å²) in [6, 6.07) is 7.16. The molecule has 4 nitrogen and oxygen atoms in total. The van der Waals surface area contributed by atoms with Gasteiger partial charge < -0.3 is 10.2 Å². The van der Waals surface area contributed by atoms with Crippen molar-refractivity contribution in [2.24, 2.45) is 5.92 Å². The van der Waals surface area contributed by atoms with Crippen LogP contribution in [0.4, 0.5) is 0 Å². The minimum Gasteiger partial charge on any atom is -0.508 e. The number of phenols is 1. The van der Waals surface area contributed by atoms with Crippen molar-refractivity contribution in [3.8, 4) is 5.75 Å². The number of benzene rings is 1. The molecule has 0 saturated carbocycles. The van der Waals surface area contributed by atoms with Gasteiger partial charge in [-0.25, -0.2) is 0 Å². The molecule has 4 heterocycles. The Morgan fingerprint density at radius 3 is 2.96 bits per heavy atom. The molecule has 2 bridgehead atoms. The molecule has 1 aromatic carbocycles. The molecule has 3 fully saturated rings. The molecule has 4 heteroatoms. The Morgan fingerprint density at radius 2 is 2.22 bits per heavy atom. The molecule has 2 aromatic rings. The van der Waals surface area contributed by atoms with E-state index in [2.05, 4.69) is 22.9 Å². The van der Waals surface area contributed by atoms with E-state index in [0.29, 0.717) is 5.92 Å². The van der Waals surface area contributed by atoms with Gasteiger partial charge in [0.05, 0.1) is 11.6 Å². The summed E-state index contributed by atoms with van der Waals surface area (Å²) < 4.78 is 0. The van der Waals surface area contributed by atoms with E-state index in [1.54, 1.807) is 24.4 Å². The third-order valence-corrected chi connectivity index (χ3v) is 5.48. The second-order valence-electron chi connectivity index (χ2n) is 6.67. The summed E-state index contributed by atoms with van der Waals surface area (Å²) in [5, 5.41) is 21.7. The molecule has 0 aliphatic carbocycles. The normalized spacial score (nSPS) is 30.0. The highest BCUT2D eigenvalue weighted by molar-refractivity contribution is 5.83. The fraction of sp³-hybridized carbons (Fsp3) is 0.421. The van der Waals surface area contributed by atoms with Crippen molar-refractivity contribution in [2.75, 3.05) is 13.1 Å². The predicted octanol–water partition coefficient (Wildman–Crippen LogP) is 3.01. The molecule has 0 spiro atoms. The summed E-state index contributed by atoms with van der Waals surface area (Å²) in [7, 11) is 0. The minimum atomic E-state index is -0.552. The van der Waals surface area contributed by atoms with Gasteiger partial charge in [0.25, 0.3) is 0 Å². The first-order chi connectivity index (χ1) is 11.2. The fourth-order valence-corrected chi connectivity index (χ4v) is 4.22. The lowest BCUT2D eigenvalue weighted by Crippen LogP contribution is -2.52. The van der Waals surface area contributed by atoms with Gasteiger partial charge in [0.1, 0.15) is 5.75 Å². The number of phenolic OH excluding ortho intramolecular Hbond substituents is 1. The number of aliphatic hydroxyl groups is 1. The lowest BCUT2D eigenvalue weighted by Gasteiger charge is -2.48. The van der Waals surface area contributed by atoms with Crippen molar-refractivity contribution in [3.63, 3.8) is 0 Å². The Bertz CT molecular complexity index is 771. The maximum Gasteiger partial charge on any atom is 0.116 e. The molecule has 120 valence electrons. The minimum absolute atomic E-state index is 0.144. The van der Waals surface area contributed by atoms with E-state index in [4.69, 9.17) is 0 Å². The Hall–Kier alpha value is -1.91. The van der Waals surface area contributed by atoms with E-state index >= 15 is 0 Å². The maximum absolute atomic E-state index is 11.0. The van der Waals surface area contributed by atoms with E-state index < -0.39 is 6.10 Å². The number of pyridine rings is 1. The molecule has 2 N–H and O–H groups in total. The molecular weight excluding hydrogens is 288 g/mol. The number of allylic oxidation sites excluding steroid dienone is 1. The van der Waals surface area contributed by atoms with Crippen molar-refractivity contribution < 1.29 is 10.2 Å². The lowest BCUT2D eigenvalue weighted by molar-refractivity contribution is -0.00340. The zero-order valence-electron chi connectivity index (χ0n) is 13.3. The van der Waals surface area contributed by atoms with Gasteiger partial charge in [0, 0.05) is 24.2 Å². The monoisotopic (exact) mass is 310 g/mol. The summed E-state index contributed by atoms with van der Waals surface area (Å²) in [5.74, 6) is 0.812. The number of nitrogens with zero attached hydrogens (tertiary/aromatic N) is 2. The molecule has 3 aliphatic rings. The molecule has 1 unspecified atom stereocenters. The second kappa shape index (κ2) is 5.62. The van der Waals surface area contributed by atoms with Crippen LogP contribution in [-0.2, 0) is 0 Å². The quantitative estimate of drug-likeness (QED) is 0.837. The van der Waals surface area contributed by atoms with Crippen LogP contribution in [0.15, 0.2) is 42.1 Å². The van der Waals surface area contributed by atoms with Crippen molar-refractivity contribution in [1.29, 1.82) is 0 Å². The first-order valence-corrected chi connectivity index (χ1v) is 8.32. The Morgan fingerprint density at radius 1 is 1.35 bits per heavy atom.